The average Bonchev–Trinajstić information content (AvgIpc) is 1.94. The molecule has 0 saturated carbocycles. The van der Waals surface area contributed by atoms with E-state index in [9.17, 15) is 4.39 Å². The van der Waals surface area contributed by atoms with E-state index in [1.807, 2.05) is 6.92 Å². The Kier molecular flexibility index (Phi) is 2.58. The highest BCUT2D eigenvalue weighted by molar-refractivity contribution is 5.81. The van der Waals surface area contributed by atoms with Crippen molar-refractivity contribution in [3.05, 3.63) is 35.1 Å². The molecule has 2 heteroatoms. The Morgan fingerprint density at radius 3 is 2.67 bits per heavy atom. The summed E-state index contributed by atoms with van der Waals surface area (Å²) >= 11 is 0. The second-order valence-electron chi connectivity index (χ2n) is 3.03. The van der Waals surface area contributed by atoms with Gasteiger partial charge in [-0.1, -0.05) is 6.07 Å². The molecule has 1 rings (SSSR count). The monoisotopic (exact) mass is 165 g/mol. The minimum atomic E-state index is -0.209. The number of hydrogen-bond acceptors (Lipinski definition) is 1. The van der Waals surface area contributed by atoms with Crippen LogP contribution in [0.3, 0.4) is 0 Å². The summed E-state index contributed by atoms with van der Waals surface area (Å²) in [5, 5.41) is 7.29. The van der Waals surface area contributed by atoms with Crippen LogP contribution in [0.2, 0.25) is 0 Å². The minimum absolute atomic E-state index is 0.209. The van der Waals surface area contributed by atoms with Gasteiger partial charge in [0.1, 0.15) is 5.82 Å². The number of aryl methyl sites for hydroxylation is 1. The summed E-state index contributed by atoms with van der Waals surface area (Å²) in [6.07, 6.45) is 0.617. The van der Waals surface area contributed by atoms with Crippen molar-refractivity contribution in [3.63, 3.8) is 0 Å². The molecular weight excluding hydrogens is 153 g/mol. The summed E-state index contributed by atoms with van der Waals surface area (Å²) in [7, 11) is 0. The molecule has 1 aromatic carbocycles. The Hall–Kier alpha value is -1.18. The summed E-state index contributed by atoms with van der Waals surface area (Å²) in [6.45, 7) is 3.62. The number of hydrogen-bond donors (Lipinski definition) is 1. The van der Waals surface area contributed by atoms with Gasteiger partial charge in [-0.3, -0.25) is 0 Å². The number of rotatable bonds is 2. The molecule has 0 radical (unpaired) electrons. The summed E-state index contributed by atoms with van der Waals surface area (Å²) in [6, 6.07) is 4.67. The number of nitrogens with one attached hydrogen (secondary N) is 1. The lowest BCUT2D eigenvalue weighted by Crippen LogP contribution is -1.98. The van der Waals surface area contributed by atoms with Gasteiger partial charge in [0.15, 0.2) is 0 Å². The molecule has 0 aliphatic heterocycles. The van der Waals surface area contributed by atoms with Crippen molar-refractivity contribution in [1.82, 2.24) is 0 Å². The SMILES string of the molecule is CC(=N)Cc1ccc(F)cc1C. The maximum absolute atomic E-state index is 12.6. The molecule has 0 fully saturated rings. The molecule has 0 saturated heterocycles. The number of benzene rings is 1. The fourth-order valence-corrected chi connectivity index (χ4v) is 1.14. The third-order valence-electron chi connectivity index (χ3n) is 1.76. The van der Waals surface area contributed by atoms with Crippen molar-refractivity contribution in [2.24, 2.45) is 0 Å². The van der Waals surface area contributed by atoms with E-state index in [4.69, 9.17) is 5.41 Å². The summed E-state index contributed by atoms with van der Waals surface area (Å²) in [4.78, 5) is 0. The zero-order valence-corrected chi connectivity index (χ0v) is 7.32. The van der Waals surface area contributed by atoms with Gasteiger partial charge in [0.2, 0.25) is 0 Å². The van der Waals surface area contributed by atoms with Crippen LogP contribution in [-0.2, 0) is 6.42 Å². The van der Waals surface area contributed by atoms with Crippen molar-refractivity contribution >= 4 is 5.71 Å². The molecule has 0 bridgehead atoms. The Morgan fingerprint density at radius 2 is 2.17 bits per heavy atom. The van der Waals surface area contributed by atoms with Crippen LogP contribution in [-0.4, -0.2) is 5.71 Å². The molecule has 1 N–H and O–H groups in total. The average molecular weight is 165 g/mol. The first-order valence-corrected chi connectivity index (χ1v) is 3.88. The van der Waals surface area contributed by atoms with Gasteiger partial charge in [0.25, 0.3) is 0 Å². The Balaban J connectivity index is 2.93. The first-order chi connectivity index (χ1) is 5.59. The van der Waals surface area contributed by atoms with Gasteiger partial charge in [-0.05, 0) is 37.1 Å². The second-order valence-corrected chi connectivity index (χ2v) is 3.03. The van der Waals surface area contributed by atoms with Crippen LogP contribution < -0.4 is 0 Å². The van der Waals surface area contributed by atoms with Crippen LogP contribution in [0.15, 0.2) is 18.2 Å². The molecule has 0 aliphatic carbocycles. The first kappa shape index (κ1) is 8.91. The van der Waals surface area contributed by atoms with E-state index in [-0.39, 0.29) is 5.82 Å². The quantitative estimate of drug-likeness (QED) is 0.651. The molecule has 0 spiro atoms. The predicted molar refractivity (Wildman–Crippen MR) is 48.2 cm³/mol. The molecule has 64 valence electrons. The molecule has 0 unspecified atom stereocenters. The van der Waals surface area contributed by atoms with Crippen LogP contribution in [0.5, 0.6) is 0 Å². The van der Waals surface area contributed by atoms with E-state index in [0.717, 1.165) is 11.1 Å². The van der Waals surface area contributed by atoms with Crippen molar-refractivity contribution in [2.75, 3.05) is 0 Å². The zero-order valence-electron chi connectivity index (χ0n) is 7.32. The lowest BCUT2D eigenvalue weighted by molar-refractivity contribution is 0.626. The molecule has 0 aliphatic rings. The summed E-state index contributed by atoms with van der Waals surface area (Å²) in [5.41, 5.74) is 2.55. The minimum Gasteiger partial charge on any atom is -0.310 e. The van der Waals surface area contributed by atoms with Crippen LogP contribution in [0.1, 0.15) is 18.1 Å². The van der Waals surface area contributed by atoms with Crippen LogP contribution in [0.4, 0.5) is 4.39 Å². The van der Waals surface area contributed by atoms with Gasteiger partial charge in [0.05, 0.1) is 0 Å². The van der Waals surface area contributed by atoms with E-state index < -0.39 is 0 Å². The normalized spacial score (nSPS) is 9.92. The largest absolute Gasteiger partial charge is 0.310 e. The summed E-state index contributed by atoms with van der Waals surface area (Å²) < 4.78 is 12.6. The van der Waals surface area contributed by atoms with E-state index >= 15 is 0 Å². The Morgan fingerprint density at radius 1 is 1.50 bits per heavy atom. The topological polar surface area (TPSA) is 23.9 Å². The van der Waals surface area contributed by atoms with Gasteiger partial charge < -0.3 is 5.41 Å². The highest BCUT2D eigenvalue weighted by atomic mass is 19.1. The van der Waals surface area contributed by atoms with E-state index in [0.29, 0.717) is 12.1 Å². The molecule has 0 atom stereocenters. The van der Waals surface area contributed by atoms with Crippen LogP contribution in [0, 0.1) is 18.2 Å². The maximum Gasteiger partial charge on any atom is 0.123 e. The maximum atomic E-state index is 12.6. The van der Waals surface area contributed by atoms with Crippen LogP contribution in [0.25, 0.3) is 0 Å². The Labute approximate surface area is 71.7 Å². The smallest absolute Gasteiger partial charge is 0.123 e. The van der Waals surface area contributed by atoms with Crippen molar-refractivity contribution in [3.8, 4) is 0 Å². The predicted octanol–water partition coefficient (Wildman–Crippen LogP) is 2.72. The van der Waals surface area contributed by atoms with Crippen molar-refractivity contribution in [2.45, 2.75) is 20.3 Å². The first-order valence-electron chi connectivity index (χ1n) is 3.88. The molecule has 0 aromatic heterocycles. The van der Waals surface area contributed by atoms with E-state index in [1.165, 1.54) is 12.1 Å². The molecular formula is C10H12FN. The zero-order chi connectivity index (χ0) is 9.14. The lowest BCUT2D eigenvalue weighted by atomic mass is 10.0. The lowest BCUT2D eigenvalue weighted by Gasteiger charge is -2.03. The van der Waals surface area contributed by atoms with Gasteiger partial charge in [-0.25, -0.2) is 4.39 Å². The fraction of sp³-hybridized carbons (Fsp3) is 0.300. The number of halogens is 1. The third-order valence-corrected chi connectivity index (χ3v) is 1.76. The van der Waals surface area contributed by atoms with Crippen molar-refractivity contribution < 1.29 is 4.39 Å². The molecule has 0 amide bonds. The van der Waals surface area contributed by atoms with Gasteiger partial charge in [-0.2, -0.15) is 0 Å². The highest BCUT2D eigenvalue weighted by Gasteiger charge is 2.00. The highest BCUT2D eigenvalue weighted by Crippen LogP contribution is 2.10. The van der Waals surface area contributed by atoms with E-state index in [1.54, 1.807) is 13.0 Å². The standard InChI is InChI=1S/C10H12FN/c1-7-5-10(11)4-3-9(7)6-8(2)12/h3-5,12H,6H2,1-2H3. The fourth-order valence-electron chi connectivity index (χ4n) is 1.14. The molecule has 12 heavy (non-hydrogen) atoms. The van der Waals surface area contributed by atoms with Gasteiger partial charge in [-0.15, -0.1) is 0 Å². The van der Waals surface area contributed by atoms with Gasteiger partial charge in [0, 0.05) is 12.1 Å². The second kappa shape index (κ2) is 3.48. The van der Waals surface area contributed by atoms with Gasteiger partial charge >= 0.3 is 0 Å². The van der Waals surface area contributed by atoms with E-state index in [2.05, 4.69) is 0 Å². The van der Waals surface area contributed by atoms with Crippen molar-refractivity contribution in [1.29, 1.82) is 5.41 Å². The molecule has 0 heterocycles. The third kappa shape index (κ3) is 2.16. The van der Waals surface area contributed by atoms with Crippen LogP contribution >= 0.6 is 0 Å². The molecule has 1 aromatic rings. The Bertz CT molecular complexity index is 305. The summed E-state index contributed by atoms with van der Waals surface area (Å²) in [5.74, 6) is -0.209. The molecule has 1 nitrogen and oxygen atoms in total.